The molecular weight excluding hydrogens is 208 g/mol. The number of aromatic nitrogens is 1. The largest absolute Gasteiger partial charge is 0.381 e. The number of ether oxygens (including phenoxy) is 1. The van der Waals surface area contributed by atoms with Crippen molar-refractivity contribution in [2.24, 2.45) is 5.92 Å². The summed E-state index contributed by atoms with van der Waals surface area (Å²) in [5.41, 5.74) is 3.10. The third kappa shape index (κ3) is 2.38. The normalized spacial score (nSPS) is 23.2. The van der Waals surface area contributed by atoms with Gasteiger partial charge in [0, 0.05) is 23.4 Å². The monoisotopic (exact) mass is 226 g/mol. The number of nitrogens with one attached hydrogen (secondary N) is 1. The Kier molecular flexibility index (Phi) is 3.72. The zero-order chi connectivity index (χ0) is 10.7. The summed E-state index contributed by atoms with van der Waals surface area (Å²) in [4.78, 5) is 5.71. The van der Waals surface area contributed by atoms with E-state index in [9.17, 15) is 0 Å². The van der Waals surface area contributed by atoms with Crippen LogP contribution in [0.5, 0.6) is 0 Å². The first kappa shape index (κ1) is 11.0. The van der Waals surface area contributed by atoms with E-state index in [4.69, 9.17) is 4.74 Å². The van der Waals surface area contributed by atoms with Gasteiger partial charge in [-0.3, -0.25) is 0 Å². The molecule has 2 unspecified atom stereocenters. The van der Waals surface area contributed by atoms with Gasteiger partial charge < -0.3 is 10.1 Å². The van der Waals surface area contributed by atoms with Crippen molar-refractivity contribution >= 4 is 11.3 Å². The van der Waals surface area contributed by atoms with Gasteiger partial charge in [0.2, 0.25) is 0 Å². The maximum Gasteiger partial charge on any atom is 0.0798 e. The highest BCUT2D eigenvalue weighted by Gasteiger charge is 2.28. The third-order valence-corrected chi connectivity index (χ3v) is 3.94. The van der Waals surface area contributed by atoms with E-state index >= 15 is 0 Å². The van der Waals surface area contributed by atoms with Crippen LogP contribution in [-0.2, 0) is 4.74 Å². The van der Waals surface area contributed by atoms with Crippen molar-refractivity contribution in [3.8, 4) is 0 Å². The van der Waals surface area contributed by atoms with Crippen LogP contribution in [0.15, 0.2) is 5.51 Å². The first-order valence-corrected chi connectivity index (χ1v) is 6.42. The Hall–Kier alpha value is -0.450. The highest BCUT2D eigenvalue weighted by Crippen LogP contribution is 2.32. The Morgan fingerprint density at radius 3 is 3.13 bits per heavy atom. The van der Waals surface area contributed by atoms with Crippen molar-refractivity contribution in [2.45, 2.75) is 26.3 Å². The Labute approximate surface area is 94.9 Å². The average Bonchev–Trinajstić information content (AvgIpc) is 2.85. The zero-order valence-corrected chi connectivity index (χ0v) is 10.1. The van der Waals surface area contributed by atoms with Gasteiger partial charge in [-0.25, -0.2) is 4.98 Å². The second-order valence-electron chi connectivity index (χ2n) is 3.96. The zero-order valence-electron chi connectivity index (χ0n) is 9.32. The molecule has 1 aromatic rings. The Balaban J connectivity index is 2.15. The van der Waals surface area contributed by atoms with Gasteiger partial charge in [-0.15, -0.1) is 11.3 Å². The molecule has 1 aliphatic heterocycles. The molecule has 2 atom stereocenters. The lowest BCUT2D eigenvalue weighted by Crippen LogP contribution is -2.28. The van der Waals surface area contributed by atoms with E-state index in [2.05, 4.69) is 24.1 Å². The molecule has 0 radical (unpaired) electrons. The topological polar surface area (TPSA) is 34.2 Å². The van der Waals surface area contributed by atoms with Gasteiger partial charge in [0.1, 0.15) is 0 Å². The fourth-order valence-electron chi connectivity index (χ4n) is 2.12. The lowest BCUT2D eigenvalue weighted by molar-refractivity contribution is 0.177. The summed E-state index contributed by atoms with van der Waals surface area (Å²) in [5.74, 6) is 0.615. The van der Waals surface area contributed by atoms with Crippen LogP contribution in [0.2, 0.25) is 0 Å². The van der Waals surface area contributed by atoms with Crippen LogP contribution < -0.4 is 5.32 Å². The molecule has 0 bridgehead atoms. The summed E-state index contributed by atoms with van der Waals surface area (Å²) in [6.45, 7) is 7.03. The van der Waals surface area contributed by atoms with Crippen LogP contribution >= 0.6 is 11.3 Å². The lowest BCUT2D eigenvalue weighted by Gasteiger charge is -2.22. The number of hydrogen-bond donors (Lipinski definition) is 1. The second-order valence-corrected chi connectivity index (χ2v) is 4.85. The van der Waals surface area contributed by atoms with Crippen LogP contribution in [0, 0.1) is 12.8 Å². The fourth-order valence-corrected chi connectivity index (χ4v) is 3.09. The molecule has 4 heteroatoms. The van der Waals surface area contributed by atoms with E-state index in [1.165, 1.54) is 4.88 Å². The number of hydrogen-bond acceptors (Lipinski definition) is 4. The van der Waals surface area contributed by atoms with Crippen LogP contribution in [-0.4, -0.2) is 24.7 Å². The molecule has 0 aromatic carbocycles. The third-order valence-electron chi connectivity index (χ3n) is 2.93. The Bertz CT molecular complexity index is 307. The molecule has 1 aliphatic rings. The Morgan fingerprint density at radius 2 is 2.60 bits per heavy atom. The van der Waals surface area contributed by atoms with Gasteiger partial charge in [0.25, 0.3) is 0 Å². The molecule has 0 saturated carbocycles. The summed E-state index contributed by atoms with van der Waals surface area (Å²) in [6.07, 6.45) is 1.16. The van der Waals surface area contributed by atoms with Crippen molar-refractivity contribution in [1.29, 1.82) is 0 Å². The maximum absolute atomic E-state index is 5.47. The molecule has 84 valence electrons. The smallest absolute Gasteiger partial charge is 0.0798 e. The first-order chi connectivity index (χ1) is 7.33. The van der Waals surface area contributed by atoms with Crippen molar-refractivity contribution in [1.82, 2.24) is 10.3 Å². The summed E-state index contributed by atoms with van der Waals surface area (Å²) in [6, 6.07) is 0.435. The molecule has 2 rings (SSSR count). The summed E-state index contributed by atoms with van der Waals surface area (Å²) < 4.78 is 5.47. The SMILES string of the molecule is CCNC(c1scnc1C)C1CCOC1. The van der Waals surface area contributed by atoms with Crippen LogP contribution in [0.4, 0.5) is 0 Å². The van der Waals surface area contributed by atoms with Gasteiger partial charge in [-0.2, -0.15) is 0 Å². The van der Waals surface area contributed by atoms with E-state index in [1.807, 2.05) is 5.51 Å². The number of nitrogens with zero attached hydrogens (tertiary/aromatic N) is 1. The van der Waals surface area contributed by atoms with Gasteiger partial charge in [0.15, 0.2) is 0 Å². The van der Waals surface area contributed by atoms with Crippen LogP contribution in [0.25, 0.3) is 0 Å². The molecule has 2 heterocycles. The number of aryl methyl sites for hydroxylation is 1. The minimum Gasteiger partial charge on any atom is -0.381 e. The first-order valence-electron chi connectivity index (χ1n) is 5.54. The molecule has 0 spiro atoms. The van der Waals surface area contributed by atoms with Crippen LogP contribution in [0.1, 0.15) is 30.0 Å². The quantitative estimate of drug-likeness (QED) is 0.854. The molecule has 15 heavy (non-hydrogen) atoms. The summed E-state index contributed by atoms with van der Waals surface area (Å²) in [7, 11) is 0. The molecule has 1 saturated heterocycles. The number of thiazole rings is 1. The predicted molar refractivity (Wildman–Crippen MR) is 62.2 cm³/mol. The van der Waals surface area contributed by atoms with Crippen molar-refractivity contribution in [3.05, 3.63) is 16.1 Å². The molecule has 0 aliphatic carbocycles. The Morgan fingerprint density at radius 1 is 1.73 bits per heavy atom. The second kappa shape index (κ2) is 5.05. The predicted octanol–water partition coefficient (Wildman–Crippen LogP) is 2.14. The van der Waals surface area contributed by atoms with E-state index < -0.39 is 0 Å². The summed E-state index contributed by atoms with van der Waals surface area (Å²) >= 11 is 1.76. The average molecular weight is 226 g/mol. The fraction of sp³-hybridized carbons (Fsp3) is 0.727. The maximum atomic E-state index is 5.47. The van der Waals surface area contributed by atoms with Crippen LogP contribution in [0.3, 0.4) is 0 Å². The van der Waals surface area contributed by atoms with Crippen molar-refractivity contribution in [2.75, 3.05) is 19.8 Å². The molecule has 3 nitrogen and oxygen atoms in total. The highest BCUT2D eigenvalue weighted by atomic mass is 32.1. The molecule has 0 amide bonds. The minimum absolute atomic E-state index is 0.435. The van der Waals surface area contributed by atoms with E-state index in [1.54, 1.807) is 11.3 Å². The molecule has 1 N–H and O–H groups in total. The van der Waals surface area contributed by atoms with Gasteiger partial charge in [-0.05, 0) is 19.9 Å². The van der Waals surface area contributed by atoms with E-state index in [0.717, 1.165) is 31.9 Å². The lowest BCUT2D eigenvalue weighted by atomic mass is 9.97. The molecular formula is C11H18N2OS. The molecule has 1 fully saturated rings. The van der Waals surface area contributed by atoms with Gasteiger partial charge in [-0.1, -0.05) is 6.92 Å². The minimum atomic E-state index is 0.435. The number of rotatable bonds is 4. The van der Waals surface area contributed by atoms with Gasteiger partial charge in [0.05, 0.1) is 17.8 Å². The summed E-state index contributed by atoms with van der Waals surface area (Å²) in [5, 5.41) is 3.56. The highest BCUT2D eigenvalue weighted by molar-refractivity contribution is 7.09. The van der Waals surface area contributed by atoms with Crippen molar-refractivity contribution in [3.63, 3.8) is 0 Å². The van der Waals surface area contributed by atoms with E-state index in [-0.39, 0.29) is 0 Å². The van der Waals surface area contributed by atoms with Gasteiger partial charge >= 0.3 is 0 Å². The van der Waals surface area contributed by atoms with Crippen molar-refractivity contribution < 1.29 is 4.74 Å². The standard InChI is InChI=1S/C11H18N2OS/c1-3-12-10(9-4-5-14-6-9)11-8(2)13-7-15-11/h7,9-10,12H,3-6H2,1-2H3. The molecule has 1 aromatic heterocycles. The van der Waals surface area contributed by atoms with E-state index in [0.29, 0.717) is 12.0 Å².